The fraction of sp³-hybridized carbons (Fsp3) is 0.300. The number of nitriles is 1. The lowest BCUT2D eigenvalue weighted by molar-refractivity contribution is 0.383. The number of nitrogens with one attached hydrogen (secondary N) is 1. The van der Waals surface area contributed by atoms with Gasteiger partial charge in [-0.25, -0.2) is 9.37 Å². The third-order valence-electron chi connectivity index (χ3n) is 4.26. The van der Waals surface area contributed by atoms with Crippen molar-refractivity contribution in [1.82, 2.24) is 14.5 Å². The zero-order valence-corrected chi connectivity index (χ0v) is 15.1. The van der Waals surface area contributed by atoms with Crippen LogP contribution in [0.5, 0.6) is 0 Å². The number of allylic oxidation sites excluding steroid dienone is 1. The molecule has 3 aromatic rings. The van der Waals surface area contributed by atoms with E-state index in [0.717, 1.165) is 17.0 Å². The van der Waals surface area contributed by atoms with Gasteiger partial charge in [0.05, 0.1) is 16.6 Å². The number of benzene rings is 1. The predicted molar refractivity (Wildman–Crippen MR) is 98.4 cm³/mol. The summed E-state index contributed by atoms with van der Waals surface area (Å²) in [5, 5.41) is 9.59. The number of H-pyrrole nitrogens is 1. The van der Waals surface area contributed by atoms with Crippen molar-refractivity contribution in [3.05, 3.63) is 52.9 Å². The Morgan fingerprint density at radius 1 is 1.28 bits per heavy atom. The summed E-state index contributed by atoms with van der Waals surface area (Å²) in [5.41, 5.74) is 4.82. The first kappa shape index (κ1) is 17.0. The molecular weight excluding hydrogens is 315 g/mol. The molecule has 0 amide bonds. The van der Waals surface area contributed by atoms with Crippen LogP contribution in [0.3, 0.4) is 0 Å². The van der Waals surface area contributed by atoms with Crippen molar-refractivity contribution >= 4 is 22.7 Å². The molecule has 2 heterocycles. The normalized spacial score (nSPS) is 12.6. The molecule has 4 nitrogen and oxygen atoms in total. The zero-order chi connectivity index (χ0) is 18.4. The Labute approximate surface area is 146 Å². The van der Waals surface area contributed by atoms with Gasteiger partial charge >= 0.3 is 0 Å². The summed E-state index contributed by atoms with van der Waals surface area (Å²) in [6.45, 7) is 10.6. The molecule has 0 radical (unpaired) electrons. The first-order valence-electron chi connectivity index (χ1n) is 8.17. The first-order chi connectivity index (χ1) is 11.7. The van der Waals surface area contributed by atoms with Crippen LogP contribution in [0, 0.1) is 31.0 Å². The van der Waals surface area contributed by atoms with Gasteiger partial charge in [0.25, 0.3) is 0 Å². The number of imidazole rings is 1. The van der Waals surface area contributed by atoms with Crippen LogP contribution in [-0.4, -0.2) is 14.5 Å². The molecule has 0 aliphatic heterocycles. The maximum atomic E-state index is 13.4. The maximum Gasteiger partial charge on any atom is 0.149 e. The third kappa shape index (κ3) is 3.08. The Morgan fingerprint density at radius 3 is 2.60 bits per heavy atom. The minimum Gasteiger partial charge on any atom is -0.343 e. The van der Waals surface area contributed by atoms with Crippen LogP contribution in [0.4, 0.5) is 4.39 Å². The lowest BCUT2D eigenvalue weighted by Gasteiger charge is -2.25. The molecule has 0 aliphatic carbocycles. The second kappa shape index (κ2) is 5.89. The Hall–Kier alpha value is -2.87. The summed E-state index contributed by atoms with van der Waals surface area (Å²) in [5.74, 6) is 0.113. The largest absolute Gasteiger partial charge is 0.343 e. The van der Waals surface area contributed by atoms with Crippen LogP contribution < -0.4 is 0 Å². The molecule has 1 aromatic carbocycles. The number of hydrogen-bond donors (Lipinski definition) is 1. The van der Waals surface area contributed by atoms with Crippen LogP contribution in [-0.2, 0) is 5.54 Å². The highest BCUT2D eigenvalue weighted by atomic mass is 19.1. The van der Waals surface area contributed by atoms with Gasteiger partial charge in [-0.05, 0) is 70.5 Å². The van der Waals surface area contributed by atoms with Gasteiger partial charge in [0.1, 0.15) is 17.7 Å². The van der Waals surface area contributed by atoms with Crippen molar-refractivity contribution in [2.24, 2.45) is 0 Å². The summed E-state index contributed by atoms with van der Waals surface area (Å²) < 4.78 is 15.6. The highest BCUT2D eigenvalue weighted by Gasteiger charge is 2.19. The summed E-state index contributed by atoms with van der Waals surface area (Å²) in [7, 11) is 0. The van der Waals surface area contributed by atoms with Crippen LogP contribution in [0.25, 0.3) is 22.7 Å². The highest BCUT2D eigenvalue weighted by Crippen LogP contribution is 2.27. The average Bonchev–Trinajstić information content (AvgIpc) is 3.04. The van der Waals surface area contributed by atoms with E-state index in [1.807, 2.05) is 13.0 Å². The molecule has 0 atom stereocenters. The third-order valence-corrected chi connectivity index (χ3v) is 4.26. The summed E-state index contributed by atoms with van der Waals surface area (Å²) in [4.78, 5) is 7.44. The summed E-state index contributed by atoms with van der Waals surface area (Å²) in [6, 6.07) is 8.62. The zero-order valence-electron chi connectivity index (χ0n) is 15.1. The van der Waals surface area contributed by atoms with E-state index in [9.17, 15) is 9.65 Å². The molecule has 0 aliphatic rings. The number of aromatic nitrogens is 3. The number of rotatable bonds is 2. The van der Waals surface area contributed by atoms with Crippen molar-refractivity contribution in [3.8, 4) is 6.07 Å². The number of nitrogens with zero attached hydrogens (tertiary/aromatic N) is 3. The molecule has 1 N–H and O–H groups in total. The quantitative estimate of drug-likeness (QED) is 0.674. The van der Waals surface area contributed by atoms with Crippen LogP contribution in [0.15, 0.2) is 24.3 Å². The Kier molecular flexibility index (Phi) is 4.00. The van der Waals surface area contributed by atoms with Gasteiger partial charge in [0, 0.05) is 16.9 Å². The molecule has 0 unspecified atom stereocenters. The lowest BCUT2D eigenvalue weighted by atomic mass is 10.1. The number of hydrogen-bond acceptors (Lipinski definition) is 2. The van der Waals surface area contributed by atoms with E-state index in [-0.39, 0.29) is 11.4 Å². The minimum atomic E-state index is -0.334. The number of halogens is 1. The van der Waals surface area contributed by atoms with Crippen molar-refractivity contribution in [3.63, 3.8) is 0 Å². The van der Waals surface area contributed by atoms with E-state index < -0.39 is 0 Å². The highest BCUT2D eigenvalue weighted by molar-refractivity contribution is 5.90. The van der Waals surface area contributed by atoms with Gasteiger partial charge in [-0.2, -0.15) is 5.26 Å². The second-order valence-electron chi connectivity index (χ2n) is 7.25. The van der Waals surface area contributed by atoms with Crippen LogP contribution in [0.1, 0.15) is 43.5 Å². The summed E-state index contributed by atoms with van der Waals surface area (Å²) in [6.07, 6.45) is 1.83. The fourth-order valence-electron chi connectivity index (χ4n) is 3.38. The van der Waals surface area contributed by atoms with Crippen LogP contribution >= 0.6 is 0 Å². The molecule has 2 aromatic heterocycles. The average molecular weight is 336 g/mol. The van der Waals surface area contributed by atoms with E-state index in [2.05, 4.69) is 54.4 Å². The molecule has 0 saturated heterocycles. The van der Waals surface area contributed by atoms with E-state index in [1.165, 1.54) is 12.1 Å². The van der Waals surface area contributed by atoms with Crippen LogP contribution in [0.2, 0.25) is 0 Å². The van der Waals surface area contributed by atoms with Crippen molar-refractivity contribution in [2.75, 3.05) is 0 Å². The second-order valence-corrected chi connectivity index (χ2v) is 7.25. The Morgan fingerprint density at radius 2 is 2.00 bits per heavy atom. The van der Waals surface area contributed by atoms with Gasteiger partial charge in [-0.1, -0.05) is 0 Å². The van der Waals surface area contributed by atoms with Crippen molar-refractivity contribution in [1.29, 1.82) is 5.26 Å². The van der Waals surface area contributed by atoms with E-state index in [1.54, 1.807) is 6.07 Å². The first-order valence-corrected chi connectivity index (χ1v) is 8.17. The molecule has 0 saturated carbocycles. The van der Waals surface area contributed by atoms with E-state index in [0.29, 0.717) is 22.4 Å². The molecule has 0 bridgehead atoms. The van der Waals surface area contributed by atoms with Gasteiger partial charge < -0.3 is 9.55 Å². The molecule has 3 rings (SSSR count). The fourth-order valence-corrected chi connectivity index (χ4v) is 3.38. The predicted octanol–water partition coefficient (Wildman–Crippen LogP) is 4.94. The number of aromatic amines is 1. The van der Waals surface area contributed by atoms with Gasteiger partial charge in [-0.15, -0.1) is 0 Å². The van der Waals surface area contributed by atoms with Gasteiger partial charge in [0.15, 0.2) is 0 Å². The lowest BCUT2D eigenvalue weighted by Crippen LogP contribution is -2.24. The standard InChI is InChI=1S/C20H21FN4/c1-12-8-14(13(2)25(12)20(3,4)5)9-15(11-22)19-23-17-7-6-16(21)10-18(17)24-19/h6-10H,1-5H3,(H,23,24)/b15-9-. The smallest absolute Gasteiger partial charge is 0.149 e. The van der Waals surface area contributed by atoms with Crippen molar-refractivity contribution in [2.45, 2.75) is 40.2 Å². The number of fused-ring (bicyclic) bond motifs is 1. The minimum absolute atomic E-state index is 0.0377. The van der Waals surface area contributed by atoms with Gasteiger partial charge in [-0.3, -0.25) is 0 Å². The van der Waals surface area contributed by atoms with Gasteiger partial charge in [0.2, 0.25) is 0 Å². The Balaban J connectivity index is 2.11. The molecule has 5 heteroatoms. The number of aryl methyl sites for hydroxylation is 1. The Bertz CT molecular complexity index is 1020. The topological polar surface area (TPSA) is 57.4 Å². The van der Waals surface area contributed by atoms with E-state index >= 15 is 0 Å². The SMILES string of the molecule is Cc1cc(/C=C(/C#N)c2nc3ccc(F)cc3[nH]2)c(C)n1C(C)(C)C. The maximum absolute atomic E-state index is 13.4. The molecule has 0 fully saturated rings. The summed E-state index contributed by atoms with van der Waals surface area (Å²) >= 11 is 0. The molecule has 0 spiro atoms. The monoisotopic (exact) mass is 336 g/mol. The van der Waals surface area contributed by atoms with E-state index in [4.69, 9.17) is 0 Å². The van der Waals surface area contributed by atoms with Crippen molar-refractivity contribution < 1.29 is 4.39 Å². The molecular formula is C20H21FN4. The molecule has 128 valence electrons. The molecule has 25 heavy (non-hydrogen) atoms.